The van der Waals surface area contributed by atoms with Gasteiger partial charge >= 0.3 is 6.61 Å². The number of sulfonamides is 1. The Morgan fingerprint density at radius 1 is 1.10 bits per heavy atom. The minimum Gasteiger partial charge on any atom is -0.434 e. The number of amides is 1. The van der Waals surface area contributed by atoms with E-state index in [1.165, 1.54) is 12.1 Å². The molecule has 0 radical (unpaired) electrons. The second-order valence-electron chi connectivity index (χ2n) is 6.84. The average Bonchev–Trinajstić information content (AvgIpc) is 2.68. The lowest BCUT2D eigenvalue weighted by Crippen LogP contribution is -2.33. The van der Waals surface area contributed by atoms with Gasteiger partial charge in [-0.3, -0.25) is 4.79 Å². The van der Waals surface area contributed by atoms with Crippen LogP contribution in [0.2, 0.25) is 0 Å². The lowest BCUT2D eigenvalue weighted by atomic mass is 10.0. The smallest absolute Gasteiger partial charge is 0.387 e. The maximum atomic E-state index is 12.6. The van der Waals surface area contributed by atoms with Gasteiger partial charge in [-0.1, -0.05) is 31.2 Å². The molecule has 2 aromatic carbocycles. The second kappa shape index (κ2) is 10.5. The zero-order chi connectivity index (χ0) is 22.3. The third-order valence-corrected chi connectivity index (χ3v) is 6.15. The van der Waals surface area contributed by atoms with Crippen molar-refractivity contribution in [1.29, 1.82) is 0 Å². The molecule has 0 bridgehead atoms. The highest BCUT2D eigenvalue weighted by molar-refractivity contribution is 7.89. The van der Waals surface area contributed by atoms with E-state index in [0.717, 1.165) is 11.1 Å². The summed E-state index contributed by atoms with van der Waals surface area (Å²) >= 11 is 0. The molecular weight excluding hydrogens is 414 g/mol. The molecule has 0 spiro atoms. The molecule has 0 aliphatic heterocycles. The first kappa shape index (κ1) is 23.8. The zero-order valence-electron chi connectivity index (χ0n) is 17.1. The fraction of sp³-hybridized carbons (Fsp3) is 0.381. The number of aryl methyl sites for hydroxylation is 2. The number of para-hydroxylation sites is 1. The second-order valence-corrected chi connectivity index (χ2v) is 8.61. The molecule has 1 amide bonds. The molecule has 0 saturated heterocycles. The summed E-state index contributed by atoms with van der Waals surface area (Å²) in [5.74, 6) is -0.411. The first-order valence-corrected chi connectivity index (χ1v) is 11.0. The molecule has 2 aromatic rings. The van der Waals surface area contributed by atoms with E-state index in [2.05, 4.69) is 14.8 Å². The Morgan fingerprint density at radius 3 is 2.43 bits per heavy atom. The van der Waals surface area contributed by atoms with Crippen LogP contribution in [0.4, 0.5) is 8.78 Å². The molecule has 1 unspecified atom stereocenters. The summed E-state index contributed by atoms with van der Waals surface area (Å²) in [5.41, 5.74) is 2.27. The third kappa shape index (κ3) is 6.50. The van der Waals surface area contributed by atoms with Crippen molar-refractivity contribution in [2.75, 3.05) is 6.54 Å². The highest BCUT2D eigenvalue weighted by atomic mass is 32.2. The summed E-state index contributed by atoms with van der Waals surface area (Å²) in [5, 5.41) is 2.74. The number of hydrogen-bond donors (Lipinski definition) is 2. The quantitative estimate of drug-likeness (QED) is 0.588. The number of nitrogens with one attached hydrogen (secondary N) is 2. The van der Waals surface area contributed by atoms with Crippen molar-refractivity contribution in [3.8, 4) is 5.75 Å². The van der Waals surface area contributed by atoms with Gasteiger partial charge in [-0.05, 0) is 49.6 Å². The lowest BCUT2D eigenvalue weighted by molar-refractivity contribution is -0.121. The molecule has 6 nitrogen and oxygen atoms in total. The Balaban J connectivity index is 1.97. The van der Waals surface area contributed by atoms with E-state index in [4.69, 9.17) is 0 Å². The first-order valence-electron chi connectivity index (χ1n) is 9.54. The molecule has 0 heterocycles. The topological polar surface area (TPSA) is 84.5 Å². The van der Waals surface area contributed by atoms with Gasteiger partial charge in [-0.15, -0.1) is 0 Å². The summed E-state index contributed by atoms with van der Waals surface area (Å²) in [6.07, 6.45) is 0.349. The number of hydrogen-bond acceptors (Lipinski definition) is 4. The molecule has 30 heavy (non-hydrogen) atoms. The molecule has 2 N–H and O–H groups in total. The Morgan fingerprint density at radius 2 is 1.80 bits per heavy atom. The summed E-state index contributed by atoms with van der Waals surface area (Å²) in [6, 6.07) is 10.5. The van der Waals surface area contributed by atoms with E-state index < -0.39 is 28.6 Å². The minimum atomic E-state index is -3.73. The molecule has 1 atom stereocenters. The van der Waals surface area contributed by atoms with Gasteiger partial charge in [0.15, 0.2) is 0 Å². The summed E-state index contributed by atoms with van der Waals surface area (Å²) < 4.78 is 57.0. The number of ether oxygens (including phenoxy) is 1. The van der Waals surface area contributed by atoms with Crippen molar-refractivity contribution in [3.05, 3.63) is 59.2 Å². The molecule has 2 rings (SSSR count). The van der Waals surface area contributed by atoms with Crippen LogP contribution in [-0.4, -0.2) is 27.5 Å². The normalized spacial score (nSPS) is 12.6. The Labute approximate surface area is 175 Å². The van der Waals surface area contributed by atoms with Gasteiger partial charge in [-0.2, -0.15) is 8.78 Å². The summed E-state index contributed by atoms with van der Waals surface area (Å²) in [4.78, 5) is 12.4. The van der Waals surface area contributed by atoms with Crippen molar-refractivity contribution >= 4 is 15.9 Å². The SMILES string of the molecule is CCC(NC(=O)CCNS(=O)(=O)c1ccc(C)c(C)c1)c1ccccc1OC(F)F. The minimum absolute atomic E-state index is 0.00454. The molecule has 9 heteroatoms. The van der Waals surface area contributed by atoms with E-state index in [1.54, 1.807) is 37.3 Å². The van der Waals surface area contributed by atoms with Crippen molar-refractivity contribution in [3.63, 3.8) is 0 Å². The Bertz CT molecular complexity index is 981. The maximum Gasteiger partial charge on any atom is 0.387 e. The van der Waals surface area contributed by atoms with Crippen molar-refractivity contribution < 1.29 is 26.7 Å². The van der Waals surface area contributed by atoms with E-state index in [0.29, 0.717) is 12.0 Å². The van der Waals surface area contributed by atoms with E-state index in [9.17, 15) is 22.0 Å². The Kier molecular flexibility index (Phi) is 8.31. The molecule has 0 saturated carbocycles. The van der Waals surface area contributed by atoms with Crippen LogP contribution in [0.15, 0.2) is 47.4 Å². The van der Waals surface area contributed by atoms with Crippen LogP contribution in [0.3, 0.4) is 0 Å². The van der Waals surface area contributed by atoms with Crippen molar-refractivity contribution in [2.24, 2.45) is 0 Å². The van der Waals surface area contributed by atoms with Crippen molar-refractivity contribution in [2.45, 2.75) is 51.2 Å². The first-order chi connectivity index (χ1) is 14.1. The molecule has 0 aliphatic carbocycles. The van der Waals surface area contributed by atoms with E-state index in [1.807, 2.05) is 13.8 Å². The van der Waals surface area contributed by atoms with E-state index in [-0.39, 0.29) is 23.6 Å². The van der Waals surface area contributed by atoms with Gasteiger partial charge < -0.3 is 10.1 Å². The summed E-state index contributed by atoms with van der Waals surface area (Å²) in [7, 11) is -3.73. The van der Waals surface area contributed by atoms with Crippen LogP contribution in [0.5, 0.6) is 5.75 Å². The number of carbonyl (C=O) groups is 1. The van der Waals surface area contributed by atoms with Crippen LogP contribution in [-0.2, 0) is 14.8 Å². The van der Waals surface area contributed by atoms with Crippen LogP contribution in [0.1, 0.15) is 42.5 Å². The predicted octanol–water partition coefficient (Wildman–Crippen LogP) is 3.84. The van der Waals surface area contributed by atoms with Gasteiger partial charge in [0.25, 0.3) is 0 Å². The molecular formula is C21H26F2N2O4S. The van der Waals surface area contributed by atoms with Gasteiger partial charge in [-0.25, -0.2) is 13.1 Å². The average molecular weight is 441 g/mol. The molecule has 0 aliphatic rings. The highest BCUT2D eigenvalue weighted by Gasteiger charge is 2.20. The van der Waals surface area contributed by atoms with Crippen molar-refractivity contribution in [1.82, 2.24) is 10.0 Å². The van der Waals surface area contributed by atoms with Crippen LogP contribution in [0.25, 0.3) is 0 Å². The fourth-order valence-electron chi connectivity index (χ4n) is 2.90. The Hall–Kier alpha value is -2.52. The number of carbonyl (C=O) groups excluding carboxylic acids is 1. The van der Waals surface area contributed by atoms with Crippen LogP contribution >= 0.6 is 0 Å². The van der Waals surface area contributed by atoms with Gasteiger partial charge in [0, 0.05) is 18.5 Å². The highest BCUT2D eigenvalue weighted by Crippen LogP contribution is 2.28. The summed E-state index contributed by atoms with van der Waals surface area (Å²) in [6.45, 7) is 2.44. The number of halogens is 2. The monoisotopic (exact) mass is 440 g/mol. The molecule has 0 aromatic heterocycles. The van der Waals surface area contributed by atoms with Gasteiger partial charge in [0.05, 0.1) is 10.9 Å². The zero-order valence-corrected chi connectivity index (χ0v) is 17.9. The number of rotatable bonds is 10. The maximum absolute atomic E-state index is 12.6. The van der Waals surface area contributed by atoms with Gasteiger partial charge in [0.1, 0.15) is 5.75 Å². The standard InChI is InChI=1S/C21H26F2N2O4S/c1-4-18(17-7-5-6-8-19(17)29-21(22)23)25-20(26)11-12-24-30(27,28)16-10-9-14(2)15(3)13-16/h5-10,13,18,21,24H,4,11-12H2,1-3H3,(H,25,26). The number of benzene rings is 2. The van der Waals surface area contributed by atoms with Gasteiger partial charge in [0.2, 0.25) is 15.9 Å². The molecule has 0 fully saturated rings. The number of alkyl halides is 2. The van der Waals surface area contributed by atoms with Crippen LogP contribution in [0, 0.1) is 13.8 Å². The predicted molar refractivity (Wildman–Crippen MR) is 110 cm³/mol. The fourth-order valence-corrected chi connectivity index (χ4v) is 4.02. The van der Waals surface area contributed by atoms with E-state index >= 15 is 0 Å². The lowest BCUT2D eigenvalue weighted by Gasteiger charge is -2.20. The van der Waals surface area contributed by atoms with Crippen LogP contribution < -0.4 is 14.8 Å². The molecule has 164 valence electrons. The largest absolute Gasteiger partial charge is 0.434 e. The third-order valence-electron chi connectivity index (χ3n) is 4.69.